The highest BCUT2D eigenvalue weighted by Gasteiger charge is 2.19. The van der Waals surface area contributed by atoms with Crippen molar-refractivity contribution in [1.29, 1.82) is 0 Å². The molecule has 0 unspecified atom stereocenters. The van der Waals surface area contributed by atoms with Gasteiger partial charge in [-0.05, 0) is 37.7 Å². The van der Waals surface area contributed by atoms with E-state index in [1.165, 1.54) is 11.4 Å². The van der Waals surface area contributed by atoms with Crippen LogP contribution in [0.3, 0.4) is 0 Å². The quantitative estimate of drug-likeness (QED) is 0.644. The van der Waals surface area contributed by atoms with Gasteiger partial charge in [-0.25, -0.2) is 0 Å². The molecule has 0 aliphatic heterocycles. The Balaban J connectivity index is 2.73. The number of nitrogens with one attached hydrogen (secondary N) is 2. The molecule has 8 heteroatoms. The van der Waals surface area contributed by atoms with Crippen LogP contribution in [0.4, 0.5) is 5.69 Å². The minimum atomic E-state index is -3.60. The Morgan fingerprint density at radius 1 is 1.38 bits per heavy atom. The third-order valence-electron chi connectivity index (χ3n) is 2.89. The molecule has 1 aromatic carbocycles. The van der Waals surface area contributed by atoms with Crippen molar-refractivity contribution in [2.75, 3.05) is 38.5 Å². The lowest BCUT2D eigenvalue weighted by molar-refractivity contribution is 0.416. The summed E-state index contributed by atoms with van der Waals surface area (Å²) in [5.74, 6) is 0.475. The highest BCUT2D eigenvalue weighted by Crippen LogP contribution is 2.29. The zero-order chi connectivity index (χ0) is 15.9. The van der Waals surface area contributed by atoms with Crippen LogP contribution in [0.25, 0.3) is 0 Å². The van der Waals surface area contributed by atoms with Gasteiger partial charge in [0, 0.05) is 18.1 Å². The summed E-state index contributed by atoms with van der Waals surface area (Å²) < 4.78 is 34.3. The van der Waals surface area contributed by atoms with E-state index in [1.807, 2.05) is 6.92 Å². The Kier molecular flexibility index (Phi) is 7.44. The fourth-order valence-corrected chi connectivity index (χ4v) is 3.02. The normalized spacial score (nSPS) is 11.7. The number of rotatable bonds is 9. The van der Waals surface area contributed by atoms with Crippen LogP contribution in [0.5, 0.6) is 5.75 Å². The highest BCUT2D eigenvalue weighted by atomic mass is 79.9. The fraction of sp³-hybridized carbons (Fsp3) is 0.538. The Hall–Kier alpha value is -0.830. The van der Waals surface area contributed by atoms with Crippen LogP contribution in [0.15, 0.2) is 22.7 Å². The van der Waals surface area contributed by atoms with Crippen molar-refractivity contribution in [3.63, 3.8) is 0 Å². The molecular weight excluding hydrogens is 358 g/mol. The van der Waals surface area contributed by atoms with Gasteiger partial charge >= 0.3 is 10.2 Å². The Labute approximate surface area is 135 Å². The molecule has 6 nitrogen and oxygen atoms in total. The van der Waals surface area contributed by atoms with E-state index in [2.05, 4.69) is 26.0 Å². The average molecular weight is 380 g/mol. The molecule has 0 spiro atoms. The van der Waals surface area contributed by atoms with Gasteiger partial charge in [0.15, 0.2) is 0 Å². The molecule has 0 bridgehead atoms. The van der Waals surface area contributed by atoms with Gasteiger partial charge in [0.25, 0.3) is 0 Å². The van der Waals surface area contributed by atoms with Crippen molar-refractivity contribution in [3.8, 4) is 5.75 Å². The summed E-state index contributed by atoms with van der Waals surface area (Å²) in [7, 11) is -0.540. The number of methoxy groups -OCH3 is 1. The molecule has 0 saturated carbocycles. The number of hydrogen-bond donors (Lipinski definition) is 2. The SMILES string of the molecule is CCNCCCN(C)S(=O)(=O)Nc1cc(Br)ccc1OC. The summed E-state index contributed by atoms with van der Waals surface area (Å²) in [6, 6.07) is 5.16. The molecule has 2 N–H and O–H groups in total. The minimum Gasteiger partial charge on any atom is -0.495 e. The summed E-state index contributed by atoms with van der Waals surface area (Å²) in [6.07, 6.45) is 0.751. The summed E-state index contributed by atoms with van der Waals surface area (Å²) >= 11 is 3.32. The van der Waals surface area contributed by atoms with E-state index in [1.54, 1.807) is 25.2 Å². The van der Waals surface area contributed by atoms with Gasteiger partial charge in [0.1, 0.15) is 5.75 Å². The smallest absolute Gasteiger partial charge is 0.301 e. The zero-order valence-corrected chi connectivity index (χ0v) is 14.9. The zero-order valence-electron chi connectivity index (χ0n) is 12.5. The first-order valence-corrected chi connectivity index (χ1v) is 8.92. The number of nitrogens with zero attached hydrogens (tertiary/aromatic N) is 1. The molecule has 0 heterocycles. The first-order chi connectivity index (χ1) is 9.90. The van der Waals surface area contributed by atoms with Crippen LogP contribution in [-0.2, 0) is 10.2 Å². The second kappa shape index (κ2) is 8.57. The monoisotopic (exact) mass is 379 g/mol. The van der Waals surface area contributed by atoms with Crippen LogP contribution >= 0.6 is 15.9 Å². The summed E-state index contributed by atoms with van der Waals surface area (Å²) in [5, 5.41) is 3.16. The number of halogens is 1. The predicted octanol–water partition coefficient (Wildman–Crippen LogP) is 2.05. The second-order valence-electron chi connectivity index (χ2n) is 4.48. The van der Waals surface area contributed by atoms with Crippen LogP contribution in [0.2, 0.25) is 0 Å². The van der Waals surface area contributed by atoms with E-state index in [9.17, 15) is 8.42 Å². The van der Waals surface area contributed by atoms with Gasteiger partial charge in [-0.3, -0.25) is 4.72 Å². The second-order valence-corrected chi connectivity index (χ2v) is 7.17. The van der Waals surface area contributed by atoms with Gasteiger partial charge in [-0.15, -0.1) is 0 Å². The number of benzene rings is 1. The number of hydrogen-bond acceptors (Lipinski definition) is 4. The lowest BCUT2D eigenvalue weighted by Gasteiger charge is -2.19. The van der Waals surface area contributed by atoms with Crippen molar-refractivity contribution in [2.24, 2.45) is 0 Å². The largest absolute Gasteiger partial charge is 0.495 e. The van der Waals surface area contributed by atoms with E-state index in [4.69, 9.17) is 4.74 Å². The number of anilines is 1. The maximum absolute atomic E-state index is 12.3. The van der Waals surface area contributed by atoms with Gasteiger partial charge < -0.3 is 10.1 Å². The lowest BCUT2D eigenvalue weighted by atomic mass is 10.3. The number of ether oxygens (including phenoxy) is 1. The topological polar surface area (TPSA) is 70.7 Å². The molecule has 0 aliphatic rings. The molecule has 0 aromatic heterocycles. The first-order valence-electron chi connectivity index (χ1n) is 6.69. The standard InChI is InChI=1S/C13H22BrN3O3S/c1-4-15-8-5-9-17(2)21(18,19)16-12-10-11(14)6-7-13(12)20-3/h6-7,10,15-16H,4-5,8-9H2,1-3H3. The molecule has 0 fully saturated rings. The molecule has 21 heavy (non-hydrogen) atoms. The molecule has 0 saturated heterocycles. The molecule has 1 aromatic rings. The van der Waals surface area contributed by atoms with Gasteiger partial charge in [-0.2, -0.15) is 12.7 Å². The molecule has 1 rings (SSSR count). The molecule has 0 atom stereocenters. The maximum atomic E-state index is 12.3. The van der Waals surface area contributed by atoms with Crippen molar-refractivity contribution >= 4 is 31.8 Å². The molecule has 0 amide bonds. The Morgan fingerprint density at radius 2 is 2.10 bits per heavy atom. The third-order valence-corrected chi connectivity index (χ3v) is 4.86. The van der Waals surface area contributed by atoms with Crippen LogP contribution < -0.4 is 14.8 Å². The van der Waals surface area contributed by atoms with Crippen molar-refractivity contribution in [3.05, 3.63) is 22.7 Å². The van der Waals surface area contributed by atoms with E-state index in [0.29, 0.717) is 18.0 Å². The van der Waals surface area contributed by atoms with Crippen molar-refractivity contribution < 1.29 is 13.2 Å². The van der Waals surface area contributed by atoms with E-state index in [0.717, 1.165) is 24.0 Å². The summed E-state index contributed by atoms with van der Waals surface area (Å²) in [4.78, 5) is 0. The lowest BCUT2D eigenvalue weighted by Crippen LogP contribution is -2.34. The van der Waals surface area contributed by atoms with Crippen molar-refractivity contribution in [2.45, 2.75) is 13.3 Å². The van der Waals surface area contributed by atoms with E-state index in [-0.39, 0.29) is 0 Å². The van der Waals surface area contributed by atoms with Crippen LogP contribution in [0.1, 0.15) is 13.3 Å². The highest BCUT2D eigenvalue weighted by molar-refractivity contribution is 9.10. The predicted molar refractivity (Wildman–Crippen MR) is 89.0 cm³/mol. The Morgan fingerprint density at radius 3 is 2.71 bits per heavy atom. The van der Waals surface area contributed by atoms with Crippen LogP contribution in [0, 0.1) is 0 Å². The molecule has 0 aliphatic carbocycles. The van der Waals surface area contributed by atoms with E-state index >= 15 is 0 Å². The first kappa shape index (κ1) is 18.2. The van der Waals surface area contributed by atoms with Crippen LogP contribution in [-0.4, -0.2) is 46.5 Å². The van der Waals surface area contributed by atoms with Gasteiger partial charge in [0.2, 0.25) is 0 Å². The molecule has 0 radical (unpaired) electrons. The molecule has 120 valence electrons. The Bertz CT molecular complexity index is 552. The third kappa shape index (κ3) is 5.82. The average Bonchev–Trinajstić information content (AvgIpc) is 2.43. The van der Waals surface area contributed by atoms with E-state index < -0.39 is 10.2 Å². The fourth-order valence-electron chi connectivity index (χ4n) is 1.70. The van der Waals surface area contributed by atoms with Crippen molar-refractivity contribution in [1.82, 2.24) is 9.62 Å². The maximum Gasteiger partial charge on any atom is 0.301 e. The summed E-state index contributed by atoms with van der Waals surface area (Å²) in [5.41, 5.74) is 0.408. The minimum absolute atomic E-state index is 0.408. The van der Waals surface area contributed by atoms with Gasteiger partial charge in [-0.1, -0.05) is 22.9 Å². The molecular formula is C13H22BrN3O3S. The summed E-state index contributed by atoms with van der Waals surface area (Å²) in [6.45, 7) is 4.13. The van der Waals surface area contributed by atoms with Gasteiger partial charge in [0.05, 0.1) is 12.8 Å².